The Labute approximate surface area is 178 Å². The number of ether oxygens (including phenoxy) is 2. The van der Waals surface area contributed by atoms with E-state index in [1.54, 1.807) is 0 Å². The highest BCUT2D eigenvalue weighted by molar-refractivity contribution is 6.34. The first-order valence-corrected chi connectivity index (χ1v) is 9.06. The highest BCUT2D eigenvalue weighted by atomic mass is 35.5. The molecule has 1 amide bonds. The van der Waals surface area contributed by atoms with Gasteiger partial charge >= 0.3 is 6.18 Å². The fourth-order valence-electron chi connectivity index (χ4n) is 3.00. The van der Waals surface area contributed by atoms with Crippen molar-refractivity contribution in [3.63, 3.8) is 0 Å². The zero-order valence-electron chi connectivity index (χ0n) is 16.1. The van der Waals surface area contributed by atoms with Crippen LogP contribution in [0.15, 0.2) is 29.5 Å². The van der Waals surface area contributed by atoms with Crippen molar-refractivity contribution in [2.45, 2.75) is 31.2 Å². The third-order valence-electron chi connectivity index (χ3n) is 4.51. The quantitative estimate of drug-likeness (QED) is 0.533. The Kier molecular flexibility index (Phi) is 5.94. The van der Waals surface area contributed by atoms with Gasteiger partial charge in [0, 0.05) is 18.1 Å². The Morgan fingerprint density at radius 2 is 2.06 bits per heavy atom. The van der Waals surface area contributed by atoms with Gasteiger partial charge in [0.15, 0.2) is 6.10 Å². The van der Waals surface area contributed by atoms with Crippen molar-refractivity contribution in [3.05, 3.63) is 46.8 Å². The molecule has 2 aromatic rings. The lowest BCUT2D eigenvalue weighted by Gasteiger charge is -2.35. The van der Waals surface area contributed by atoms with E-state index < -0.39 is 42.1 Å². The van der Waals surface area contributed by atoms with Gasteiger partial charge in [-0.05, 0) is 13.0 Å². The molecule has 0 fully saturated rings. The molecule has 1 aliphatic heterocycles. The van der Waals surface area contributed by atoms with E-state index in [-0.39, 0.29) is 22.0 Å². The summed E-state index contributed by atoms with van der Waals surface area (Å²) in [5.41, 5.74) is 3.19. The minimum atomic E-state index is -4.74. The zero-order chi connectivity index (χ0) is 23.0. The number of pyridine rings is 2. The van der Waals surface area contributed by atoms with E-state index >= 15 is 0 Å². The number of aliphatic imine (C=N–C) groups is 1. The first-order chi connectivity index (χ1) is 14.4. The van der Waals surface area contributed by atoms with Gasteiger partial charge in [-0.3, -0.25) is 4.79 Å². The van der Waals surface area contributed by atoms with Gasteiger partial charge < -0.3 is 20.5 Å². The normalized spacial score (nSPS) is 21.1. The molecule has 0 bridgehead atoms. The van der Waals surface area contributed by atoms with Crippen LogP contribution in [0.4, 0.5) is 23.2 Å². The molecule has 13 heteroatoms. The van der Waals surface area contributed by atoms with E-state index in [1.165, 1.54) is 26.3 Å². The molecule has 0 aliphatic carbocycles. The summed E-state index contributed by atoms with van der Waals surface area (Å²) in [6, 6.07) is 1.75. The van der Waals surface area contributed by atoms with E-state index in [0.717, 1.165) is 12.3 Å². The van der Waals surface area contributed by atoms with Crippen LogP contribution >= 0.6 is 11.6 Å². The molecular weight excluding hydrogens is 446 g/mol. The molecule has 0 saturated heterocycles. The maximum Gasteiger partial charge on any atom is 0.425 e. The summed E-state index contributed by atoms with van der Waals surface area (Å²) in [7, 11) is 1.40. The van der Waals surface area contributed by atoms with Crippen molar-refractivity contribution in [2.75, 3.05) is 12.4 Å². The summed E-state index contributed by atoms with van der Waals surface area (Å²) in [5.74, 6) is -1.49. The summed E-state index contributed by atoms with van der Waals surface area (Å²) in [6.07, 6.45) is -5.50. The third kappa shape index (κ3) is 4.79. The first-order valence-electron chi connectivity index (χ1n) is 8.68. The van der Waals surface area contributed by atoms with E-state index in [4.69, 9.17) is 22.1 Å². The minimum absolute atomic E-state index is 0.00562. The van der Waals surface area contributed by atoms with Gasteiger partial charge in [0.1, 0.15) is 11.4 Å². The molecule has 2 unspecified atom stereocenters. The Morgan fingerprint density at radius 3 is 2.68 bits per heavy atom. The number of hydrogen-bond donors (Lipinski definition) is 2. The first kappa shape index (κ1) is 22.5. The molecule has 0 saturated carbocycles. The van der Waals surface area contributed by atoms with Crippen LogP contribution in [0, 0.1) is 5.95 Å². The van der Waals surface area contributed by atoms with Crippen molar-refractivity contribution in [2.24, 2.45) is 10.7 Å². The molecule has 1 aliphatic rings. The van der Waals surface area contributed by atoms with E-state index in [2.05, 4.69) is 25.0 Å². The second-order valence-corrected chi connectivity index (χ2v) is 7.21. The van der Waals surface area contributed by atoms with Crippen molar-refractivity contribution in [1.29, 1.82) is 0 Å². The number of anilines is 1. The van der Waals surface area contributed by atoms with Crippen LogP contribution in [0.3, 0.4) is 0 Å². The largest absolute Gasteiger partial charge is 0.495 e. The second-order valence-electron chi connectivity index (χ2n) is 6.80. The minimum Gasteiger partial charge on any atom is -0.495 e. The maximum absolute atomic E-state index is 14.5. The Bertz CT molecular complexity index is 1050. The predicted octanol–water partition coefficient (Wildman–Crippen LogP) is 3.41. The van der Waals surface area contributed by atoms with E-state index in [9.17, 15) is 22.4 Å². The van der Waals surface area contributed by atoms with E-state index in [0.29, 0.717) is 5.75 Å². The molecule has 3 N–H and O–H groups in total. The molecule has 166 valence electrons. The highest BCUT2D eigenvalue weighted by Gasteiger charge is 2.50. The van der Waals surface area contributed by atoms with Gasteiger partial charge in [0.25, 0.3) is 11.9 Å². The molecule has 0 spiro atoms. The molecular formula is C18H16ClF4N5O3. The highest BCUT2D eigenvalue weighted by Crippen LogP contribution is 2.41. The number of amides is 1. The van der Waals surface area contributed by atoms with Crippen LogP contribution in [0.5, 0.6) is 5.75 Å². The Hall–Kier alpha value is -3.15. The number of carbonyl (C=O) groups is 1. The van der Waals surface area contributed by atoms with Gasteiger partial charge in [-0.25, -0.2) is 15.0 Å². The Morgan fingerprint density at radius 1 is 1.35 bits per heavy atom. The van der Waals surface area contributed by atoms with Crippen LogP contribution in [-0.4, -0.2) is 41.3 Å². The molecule has 2 atom stereocenters. The lowest BCUT2D eigenvalue weighted by atomic mass is 9.86. The van der Waals surface area contributed by atoms with Crippen molar-refractivity contribution in [1.82, 2.24) is 9.97 Å². The summed E-state index contributed by atoms with van der Waals surface area (Å²) in [6.45, 7) is 1.26. The van der Waals surface area contributed by atoms with Crippen molar-refractivity contribution >= 4 is 29.2 Å². The molecule has 2 aromatic heterocycles. The fourth-order valence-corrected chi connectivity index (χ4v) is 3.24. The summed E-state index contributed by atoms with van der Waals surface area (Å²) in [4.78, 5) is 23.8. The molecule has 8 nitrogen and oxygen atoms in total. The molecule has 3 rings (SSSR count). The zero-order valence-corrected chi connectivity index (χ0v) is 16.9. The van der Waals surface area contributed by atoms with Gasteiger partial charge in [-0.1, -0.05) is 11.6 Å². The number of carbonyl (C=O) groups excluding carboxylic acids is 1. The fraction of sp³-hybridized carbons (Fsp3) is 0.333. The van der Waals surface area contributed by atoms with E-state index in [1.807, 2.05) is 0 Å². The number of aromatic nitrogens is 2. The smallest absolute Gasteiger partial charge is 0.425 e. The van der Waals surface area contributed by atoms with Crippen LogP contribution in [-0.2, 0) is 10.3 Å². The van der Waals surface area contributed by atoms with Crippen LogP contribution < -0.4 is 15.8 Å². The lowest BCUT2D eigenvalue weighted by Crippen LogP contribution is -2.46. The maximum atomic E-state index is 14.5. The molecule has 0 radical (unpaired) electrons. The number of halogens is 5. The number of alkyl halides is 3. The average Bonchev–Trinajstić information content (AvgIpc) is 2.67. The lowest BCUT2D eigenvalue weighted by molar-refractivity contribution is -0.208. The number of hydrogen-bond acceptors (Lipinski definition) is 7. The summed E-state index contributed by atoms with van der Waals surface area (Å²) >= 11 is 6.01. The standard InChI is InChI=1S/C18H16ClF4N5O3/c1-17(5-12(18(21,22)23)31-16(24)28-17)10-3-8(6-26-14(10)20)27-15(29)13-11(19)4-9(30-2)7-25-13/h3-4,6-7,12H,5H2,1-2H3,(H2,24,28)(H,27,29). The summed E-state index contributed by atoms with van der Waals surface area (Å²) in [5, 5.41) is 2.42. The number of nitrogens with zero attached hydrogens (tertiary/aromatic N) is 3. The van der Waals surface area contributed by atoms with Crippen LogP contribution in [0.2, 0.25) is 5.02 Å². The van der Waals surface area contributed by atoms with Gasteiger partial charge in [0.05, 0.1) is 35.8 Å². The van der Waals surface area contributed by atoms with Gasteiger partial charge in [-0.15, -0.1) is 0 Å². The molecule has 3 heterocycles. The number of rotatable bonds is 4. The molecule has 31 heavy (non-hydrogen) atoms. The van der Waals surface area contributed by atoms with Crippen LogP contribution in [0.25, 0.3) is 0 Å². The van der Waals surface area contributed by atoms with Crippen molar-refractivity contribution < 1.29 is 31.8 Å². The van der Waals surface area contributed by atoms with Gasteiger partial charge in [0.2, 0.25) is 5.95 Å². The van der Waals surface area contributed by atoms with Crippen molar-refractivity contribution in [3.8, 4) is 5.75 Å². The van der Waals surface area contributed by atoms with Crippen LogP contribution in [0.1, 0.15) is 29.4 Å². The third-order valence-corrected chi connectivity index (χ3v) is 4.80. The number of amidine groups is 1. The van der Waals surface area contributed by atoms with Gasteiger partial charge in [-0.2, -0.15) is 17.6 Å². The number of nitrogens with two attached hydrogens (primary N) is 1. The summed E-state index contributed by atoms with van der Waals surface area (Å²) < 4.78 is 63.5. The monoisotopic (exact) mass is 461 g/mol. The number of methoxy groups -OCH3 is 1. The predicted molar refractivity (Wildman–Crippen MR) is 102 cm³/mol. The number of nitrogens with one attached hydrogen (secondary N) is 1. The SMILES string of the molecule is COc1cnc(C(=O)Nc2cnc(F)c(C3(C)CC(C(F)(F)F)OC(N)=N3)c2)c(Cl)c1. The topological polar surface area (TPSA) is 112 Å². The Balaban J connectivity index is 1.91. The second kappa shape index (κ2) is 8.17. The average molecular weight is 462 g/mol. The molecule has 0 aromatic carbocycles.